The Kier molecular flexibility index (Phi) is 3.14. The van der Waals surface area contributed by atoms with Gasteiger partial charge in [0.1, 0.15) is 0 Å². The second kappa shape index (κ2) is 4.83. The molecule has 0 radical (unpaired) electrons. The zero-order valence-corrected chi connectivity index (χ0v) is 11.3. The molecule has 0 unspecified atom stereocenters. The minimum absolute atomic E-state index is 0.305. The summed E-state index contributed by atoms with van der Waals surface area (Å²) in [6.45, 7) is 0. The zero-order valence-electron chi connectivity index (χ0n) is 10.4. The highest BCUT2D eigenvalue weighted by atomic mass is 31.2. The summed E-state index contributed by atoms with van der Waals surface area (Å²) >= 11 is 0. The first-order valence-corrected chi connectivity index (χ1v) is 7.73. The molecular formula is C13H12N3O3P. The average Bonchev–Trinajstić information content (AvgIpc) is 2.84. The van der Waals surface area contributed by atoms with Crippen LogP contribution in [0.3, 0.4) is 0 Å². The number of rotatable bonds is 3. The molecule has 0 bridgehead atoms. The van der Waals surface area contributed by atoms with Crippen LogP contribution in [0.5, 0.6) is 0 Å². The Bertz CT molecular complexity index is 809. The quantitative estimate of drug-likeness (QED) is 0.642. The largest absolute Gasteiger partial charge is 0.329 e. The van der Waals surface area contributed by atoms with E-state index >= 15 is 0 Å². The van der Waals surface area contributed by atoms with Gasteiger partial charge in [-0.25, -0.2) is 0 Å². The van der Waals surface area contributed by atoms with Gasteiger partial charge in [-0.2, -0.15) is 5.10 Å². The SMILES string of the molecule is O=P(O)(O)Cc1cncc(-c2ccc3cn[nH]c3c2)c1. The smallest absolute Gasteiger partial charge is 0.324 e. The standard InChI is InChI=1S/C13H12N3O3P/c17-20(18,19)8-9-3-12(6-14-5-9)10-1-2-11-7-15-16-13(11)4-10/h1-7H,8H2,(H,15,16)(H2,17,18,19). The van der Waals surface area contributed by atoms with Gasteiger partial charge in [-0.15, -0.1) is 0 Å². The van der Waals surface area contributed by atoms with Crippen molar-refractivity contribution in [1.82, 2.24) is 15.2 Å². The van der Waals surface area contributed by atoms with Crippen LogP contribution in [0.2, 0.25) is 0 Å². The number of fused-ring (bicyclic) bond motifs is 1. The molecule has 102 valence electrons. The minimum Gasteiger partial charge on any atom is -0.324 e. The van der Waals surface area contributed by atoms with E-state index in [-0.39, 0.29) is 6.16 Å². The Morgan fingerprint density at radius 2 is 1.95 bits per heavy atom. The van der Waals surface area contributed by atoms with Crippen molar-refractivity contribution in [2.75, 3.05) is 0 Å². The third-order valence-corrected chi connectivity index (χ3v) is 3.74. The lowest BCUT2D eigenvalue weighted by Crippen LogP contribution is -1.90. The van der Waals surface area contributed by atoms with E-state index in [0.717, 1.165) is 22.0 Å². The Hall–Kier alpha value is -2.01. The van der Waals surface area contributed by atoms with Crippen LogP contribution in [-0.4, -0.2) is 25.0 Å². The topological polar surface area (TPSA) is 99.1 Å². The van der Waals surface area contributed by atoms with Crippen molar-refractivity contribution in [3.8, 4) is 11.1 Å². The highest BCUT2D eigenvalue weighted by Gasteiger charge is 2.14. The van der Waals surface area contributed by atoms with Crippen LogP contribution < -0.4 is 0 Å². The molecule has 2 heterocycles. The first kappa shape index (κ1) is 13.0. The van der Waals surface area contributed by atoms with Gasteiger partial charge >= 0.3 is 7.60 Å². The van der Waals surface area contributed by atoms with Gasteiger partial charge in [0.15, 0.2) is 0 Å². The zero-order chi connectivity index (χ0) is 14.2. The number of hydrogen-bond acceptors (Lipinski definition) is 3. The number of nitrogens with zero attached hydrogens (tertiary/aromatic N) is 2. The van der Waals surface area contributed by atoms with Crippen molar-refractivity contribution < 1.29 is 14.4 Å². The van der Waals surface area contributed by atoms with Gasteiger partial charge in [0.25, 0.3) is 0 Å². The molecule has 0 saturated carbocycles. The van der Waals surface area contributed by atoms with Crippen LogP contribution in [0.4, 0.5) is 0 Å². The molecule has 0 amide bonds. The van der Waals surface area contributed by atoms with Gasteiger partial charge in [-0.3, -0.25) is 14.6 Å². The normalized spacial score (nSPS) is 11.9. The van der Waals surface area contributed by atoms with Gasteiger partial charge < -0.3 is 9.79 Å². The van der Waals surface area contributed by atoms with Crippen molar-refractivity contribution in [3.63, 3.8) is 0 Å². The van der Waals surface area contributed by atoms with Crippen molar-refractivity contribution in [2.45, 2.75) is 6.16 Å². The lowest BCUT2D eigenvalue weighted by atomic mass is 10.1. The van der Waals surface area contributed by atoms with Crippen molar-refractivity contribution in [3.05, 3.63) is 48.4 Å². The summed E-state index contributed by atoms with van der Waals surface area (Å²) in [6.07, 6.45) is 4.57. The summed E-state index contributed by atoms with van der Waals surface area (Å²) in [5.41, 5.74) is 3.15. The summed E-state index contributed by atoms with van der Waals surface area (Å²) in [7, 11) is -4.08. The maximum atomic E-state index is 11.0. The van der Waals surface area contributed by atoms with Gasteiger partial charge in [0.05, 0.1) is 17.9 Å². The predicted octanol–water partition coefficient (Wildman–Crippen LogP) is 2.30. The molecule has 3 N–H and O–H groups in total. The second-order valence-corrected chi connectivity index (χ2v) is 6.22. The monoisotopic (exact) mass is 289 g/mol. The van der Waals surface area contributed by atoms with E-state index in [9.17, 15) is 4.57 Å². The number of aromatic amines is 1. The van der Waals surface area contributed by atoms with E-state index in [1.54, 1.807) is 18.5 Å². The summed E-state index contributed by atoms with van der Waals surface area (Å²) in [4.78, 5) is 22.1. The lowest BCUT2D eigenvalue weighted by Gasteiger charge is -2.06. The van der Waals surface area contributed by atoms with E-state index in [4.69, 9.17) is 9.79 Å². The molecule has 0 spiro atoms. The maximum absolute atomic E-state index is 11.0. The molecule has 0 saturated heterocycles. The highest BCUT2D eigenvalue weighted by molar-refractivity contribution is 7.50. The molecule has 1 aromatic carbocycles. The van der Waals surface area contributed by atoms with Crippen molar-refractivity contribution in [2.24, 2.45) is 0 Å². The summed E-state index contributed by atoms with van der Waals surface area (Å²) in [5.74, 6) is 0. The fraction of sp³-hybridized carbons (Fsp3) is 0.0769. The molecule has 7 heteroatoms. The first-order valence-electron chi connectivity index (χ1n) is 5.93. The average molecular weight is 289 g/mol. The van der Waals surface area contributed by atoms with Crippen LogP contribution in [0.25, 0.3) is 22.0 Å². The molecule has 3 aromatic rings. The van der Waals surface area contributed by atoms with E-state index in [0.29, 0.717) is 5.56 Å². The second-order valence-electron chi connectivity index (χ2n) is 4.58. The van der Waals surface area contributed by atoms with E-state index in [1.165, 1.54) is 6.20 Å². The highest BCUT2D eigenvalue weighted by Crippen LogP contribution is 2.39. The molecular weight excluding hydrogens is 277 g/mol. The number of aromatic nitrogens is 3. The lowest BCUT2D eigenvalue weighted by molar-refractivity contribution is 0.371. The molecule has 3 rings (SSSR count). The van der Waals surface area contributed by atoms with Crippen LogP contribution in [-0.2, 0) is 10.7 Å². The summed E-state index contributed by atoms with van der Waals surface area (Å²) in [6, 6.07) is 7.53. The fourth-order valence-corrected chi connectivity index (χ4v) is 2.73. The molecule has 0 atom stereocenters. The number of hydrogen-bond donors (Lipinski definition) is 3. The first-order chi connectivity index (χ1) is 9.51. The number of pyridine rings is 1. The number of nitrogens with one attached hydrogen (secondary N) is 1. The summed E-state index contributed by atoms with van der Waals surface area (Å²) < 4.78 is 11.0. The van der Waals surface area contributed by atoms with Crippen LogP contribution >= 0.6 is 7.60 Å². The third-order valence-electron chi connectivity index (χ3n) is 2.96. The maximum Gasteiger partial charge on any atom is 0.329 e. The summed E-state index contributed by atoms with van der Waals surface area (Å²) in [5, 5.41) is 7.85. The van der Waals surface area contributed by atoms with Crippen molar-refractivity contribution in [1.29, 1.82) is 0 Å². The number of benzene rings is 1. The molecule has 0 aliphatic carbocycles. The molecule has 0 aliphatic heterocycles. The Balaban J connectivity index is 2.00. The minimum atomic E-state index is -4.08. The van der Waals surface area contributed by atoms with Gasteiger partial charge in [-0.1, -0.05) is 12.1 Å². The third kappa shape index (κ3) is 2.77. The van der Waals surface area contributed by atoms with Gasteiger partial charge in [-0.05, 0) is 23.3 Å². The number of H-pyrrole nitrogens is 1. The van der Waals surface area contributed by atoms with Crippen LogP contribution in [0.15, 0.2) is 42.9 Å². The van der Waals surface area contributed by atoms with E-state index in [2.05, 4.69) is 15.2 Å². The van der Waals surface area contributed by atoms with E-state index in [1.807, 2.05) is 18.2 Å². The predicted molar refractivity (Wildman–Crippen MR) is 75.1 cm³/mol. The Morgan fingerprint density at radius 3 is 2.75 bits per heavy atom. The molecule has 2 aromatic heterocycles. The molecule has 0 fully saturated rings. The van der Waals surface area contributed by atoms with Gasteiger partial charge in [0, 0.05) is 23.3 Å². The van der Waals surface area contributed by atoms with Gasteiger partial charge in [0.2, 0.25) is 0 Å². The molecule has 20 heavy (non-hydrogen) atoms. The fourth-order valence-electron chi connectivity index (χ4n) is 2.09. The molecule has 6 nitrogen and oxygen atoms in total. The van der Waals surface area contributed by atoms with Crippen molar-refractivity contribution >= 4 is 18.5 Å². The Labute approximate surface area is 114 Å². The Morgan fingerprint density at radius 1 is 1.10 bits per heavy atom. The van der Waals surface area contributed by atoms with Crippen LogP contribution in [0.1, 0.15) is 5.56 Å². The van der Waals surface area contributed by atoms with Crippen LogP contribution in [0, 0.1) is 0 Å². The van der Waals surface area contributed by atoms with E-state index < -0.39 is 7.60 Å². The molecule has 0 aliphatic rings.